The molecule has 1 atom stereocenters. The molecular weight excluding hydrogens is 341 g/mol. The van der Waals surface area contributed by atoms with Crippen LogP contribution in [0.1, 0.15) is 31.2 Å². The van der Waals surface area contributed by atoms with E-state index in [-0.39, 0.29) is 36.3 Å². The lowest BCUT2D eigenvalue weighted by Gasteiger charge is -2.39. The molecule has 3 N–H and O–H groups in total. The molecule has 0 aromatic heterocycles. The number of carbonyl (C=O) groups is 2. The minimum absolute atomic E-state index is 0.0279. The number of phenolic OH excluding ortho intramolecular Hbond substituents is 1. The summed E-state index contributed by atoms with van der Waals surface area (Å²) in [5.74, 6) is -1.05. The first kappa shape index (κ1) is 18.4. The van der Waals surface area contributed by atoms with Crippen LogP contribution in [0.15, 0.2) is 18.2 Å². The van der Waals surface area contributed by atoms with Crippen LogP contribution in [-0.4, -0.2) is 63.7 Å². The first-order valence-corrected chi connectivity index (χ1v) is 8.91. The Morgan fingerprint density at radius 3 is 2.69 bits per heavy atom. The molecule has 1 aliphatic heterocycles. The first-order chi connectivity index (χ1) is 12.5. The molecule has 1 saturated carbocycles. The predicted molar refractivity (Wildman–Crippen MR) is 91.8 cm³/mol. The van der Waals surface area contributed by atoms with Crippen LogP contribution in [0.4, 0.5) is 9.18 Å². The summed E-state index contributed by atoms with van der Waals surface area (Å²) in [6.07, 6.45) is 3.42. The Morgan fingerprint density at radius 2 is 2.04 bits per heavy atom. The fourth-order valence-corrected chi connectivity index (χ4v) is 3.43. The third kappa shape index (κ3) is 4.24. The zero-order chi connectivity index (χ0) is 18.7. The van der Waals surface area contributed by atoms with E-state index >= 15 is 0 Å². The van der Waals surface area contributed by atoms with Crippen LogP contribution >= 0.6 is 0 Å². The number of aliphatic hydroxyl groups excluding tert-OH is 1. The highest BCUT2D eigenvalue weighted by atomic mass is 19.1. The standard InChI is InChI=1S/C18H24FN3O4/c19-16-8-15(24)6-3-12(16)9-20-18(26)22(13-4-5-13)14-2-1-7-21(10-14)17(25)11-23/h3,6,8,13-14,23-24H,1-2,4-5,7,9-11H2,(H,20,26)/t14-/m1/s1. The van der Waals surface area contributed by atoms with Crippen molar-refractivity contribution < 1.29 is 24.2 Å². The minimum atomic E-state index is -0.569. The molecule has 1 heterocycles. The monoisotopic (exact) mass is 365 g/mol. The van der Waals surface area contributed by atoms with Crippen molar-refractivity contribution in [2.24, 2.45) is 0 Å². The number of hydrogen-bond donors (Lipinski definition) is 3. The molecule has 3 rings (SSSR count). The molecule has 0 bridgehead atoms. The van der Waals surface area contributed by atoms with Gasteiger partial charge in [-0.3, -0.25) is 4.79 Å². The Hall–Kier alpha value is -2.35. The van der Waals surface area contributed by atoms with Crippen molar-refractivity contribution in [3.63, 3.8) is 0 Å². The highest BCUT2D eigenvalue weighted by Gasteiger charge is 2.39. The second-order valence-electron chi connectivity index (χ2n) is 6.87. The van der Waals surface area contributed by atoms with Crippen LogP contribution < -0.4 is 5.32 Å². The van der Waals surface area contributed by atoms with Gasteiger partial charge in [-0.05, 0) is 31.7 Å². The summed E-state index contributed by atoms with van der Waals surface area (Å²) >= 11 is 0. The van der Waals surface area contributed by atoms with Crippen LogP contribution in [0.2, 0.25) is 0 Å². The Balaban J connectivity index is 1.63. The van der Waals surface area contributed by atoms with Crippen LogP contribution in [0.5, 0.6) is 5.75 Å². The number of nitrogens with zero attached hydrogens (tertiary/aromatic N) is 2. The number of aromatic hydroxyl groups is 1. The van der Waals surface area contributed by atoms with Gasteiger partial charge in [0.15, 0.2) is 0 Å². The van der Waals surface area contributed by atoms with E-state index in [2.05, 4.69) is 5.32 Å². The normalized spacial score (nSPS) is 19.9. The number of nitrogens with one attached hydrogen (secondary N) is 1. The average molecular weight is 365 g/mol. The SMILES string of the molecule is O=C(CO)N1CCC[C@@H](N(C(=O)NCc2ccc(O)cc2F)C2CC2)C1. The van der Waals surface area contributed by atoms with Gasteiger partial charge in [-0.2, -0.15) is 0 Å². The molecule has 26 heavy (non-hydrogen) atoms. The average Bonchev–Trinajstić information content (AvgIpc) is 3.45. The van der Waals surface area contributed by atoms with Crippen LogP contribution in [-0.2, 0) is 11.3 Å². The third-order valence-electron chi connectivity index (χ3n) is 4.92. The van der Waals surface area contributed by atoms with Gasteiger partial charge in [-0.15, -0.1) is 0 Å². The molecule has 2 aliphatic rings. The van der Waals surface area contributed by atoms with E-state index in [0.29, 0.717) is 18.7 Å². The van der Waals surface area contributed by atoms with Gasteiger partial charge in [0.25, 0.3) is 0 Å². The van der Waals surface area contributed by atoms with E-state index in [0.717, 1.165) is 31.7 Å². The Labute approximate surface area is 151 Å². The lowest BCUT2D eigenvalue weighted by atomic mass is 10.0. The molecule has 1 saturated heterocycles. The topological polar surface area (TPSA) is 93.1 Å². The van der Waals surface area contributed by atoms with Gasteiger partial charge in [0.1, 0.15) is 18.2 Å². The van der Waals surface area contributed by atoms with Gasteiger partial charge in [0.2, 0.25) is 5.91 Å². The predicted octanol–water partition coefficient (Wildman–Crippen LogP) is 1.19. The number of aliphatic hydroxyl groups is 1. The molecule has 3 amide bonds. The molecule has 1 aliphatic carbocycles. The molecule has 1 aromatic rings. The highest BCUT2D eigenvalue weighted by molar-refractivity contribution is 5.78. The number of phenols is 1. The number of urea groups is 1. The maximum absolute atomic E-state index is 13.8. The van der Waals surface area contributed by atoms with Crippen molar-refractivity contribution in [3.8, 4) is 5.75 Å². The molecule has 0 radical (unpaired) electrons. The smallest absolute Gasteiger partial charge is 0.318 e. The van der Waals surface area contributed by atoms with Crippen molar-refractivity contribution in [1.29, 1.82) is 0 Å². The molecule has 0 unspecified atom stereocenters. The Bertz CT molecular complexity index is 680. The van der Waals surface area contributed by atoms with E-state index in [1.807, 2.05) is 0 Å². The van der Waals surface area contributed by atoms with Crippen LogP contribution in [0, 0.1) is 5.82 Å². The van der Waals surface area contributed by atoms with Gasteiger partial charge >= 0.3 is 6.03 Å². The Kier molecular flexibility index (Phi) is 5.61. The zero-order valence-electron chi connectivity index (χ0n) is 14.5. The molecule has 2 fully saturated rings. The van der Waals surface area contributed by atoms with Gasteiger partial charge in [-0.1, -0.05) is 6.07 Å². The fourth-order valence-electron chi connectivity index (χ4n) is 3.43. The minimum Gasteiger partial charge on any atom is -0.508 e. The van der Waals surface area contributed by atoms with Gasteiger partial charge < -0.3 is 25.3 Å². The summed E-state index contributed by atoms with van der Waals surface area (Å²) in [7, 11) is 0. The van der Waals surface area contributed by atoms with Crippen molar-refractivity contribution in [3.05, 3.63) is 29.6 Å². The number of benzene rings is 1. The summed E-state index contributed by atoms with van der Waals surface area (Å²) < 4.78 is 13.8. The van der Waals surface area contributed by atoms with Crippen molar-refractivity contribution in [2.75, 3.05) is 19.7 Å². The number of hydrogen-bond acceptors (Lipinski definition) is 4. The lowest BCUT2D eigenvalue weighted by Crippen LogP contribution is -2.55. The van der Waals surface area contributed by atoms with E-state index in [1.54, 1.807) is 9.80 Å². The van der Waals surface area contributed by atoms with E-state index in [4.69, 9.17) is 5.11 Å². The van der Waals surface area contributed by atoms with Crippen LogP contribution in [0.3, 0.4) is 0 Å². The summed E-state index contributed by atoms with van der Waals surface area (Å²) in [4.78, 5) is 27.8. The van der Waals surface area contributed by atoms with Crippen molar-refractivity contribution in [1.82, 2.24) is 15.1 Å². The third-order valence-corrected chi connectivity index (χ3v) is 4.92. The lowest BCUT2D eigenvalue weighted by molar-refractivity contribution is -0.136. The quantitative estimate of drug-likeness (QED) is 0.731. The number of piperidine rings is 1. The van der Waals surface area contributed by atoms with Gasteiger partial charge in [0.05, 0.1) is 6.04 Å². The summed E-state index contributed by atoms with van der Waals surface area (Å²) in [6.45, 7) is 0.508. The molecular formula is C18H24FN3O4. The maximum atomic E-state index is 13.8. The Morgan fingerprint density at radius 1 is 1.27 bits per heavy atom. The van der Waals surface area contributed by atoms with Crippen molar-refractivity contribution >= 4 is 11.9 Å². The zero-order valence-corrected chi connectivity index (χ0v) is 14.5. The summed E-state index contributed by atoms with van der Waals surface area (Å²) in [5.41, 5.74) is 0.299. The number of halogens is 1. The van der Waals surface area contributed by atoms with E-state index < -0.39 is 12.4 Å². The molecule has 7 nitrogen and oxygen atoms in total. The molecule has 8 heteroatoms. The van der Waals surface area contributed by atoms with E-state index in [9.17, 15) is 19.1 Å². The van der Waals surface area contributed by atoms with Gasteiger partial charge in [-0.25, -0.2) is 9.18 Å². The number of carbonyl (C=O) groups excluding carboxylic acids is 2. The van der Waals surface area contributed by atoms with Crippen LogP contribution in [0.25, 0.3) is 0 Å². The van der Waals surface area contributed by atoms with Crippen molar-refractivity contribution in [2.45, 2.75) is 44.3 Å². The second kappa shape index (κ2) is 7.90. The van der Waals surface area contributed by atoms with E-state index in [1.165, 1.54) is 12.1 Å². The summed E-state index contributed by atoms with van der Waals surface area (Å²) in [6, 6.07) is 3.60. The maximum Gasteiger partial charge on any atom is 0.318 e. The number of rotatable bonds is 5. The number of amides is 3. The number of likely N-dealkylation sites (tertiary alicyclic amines) is 1. The largest absolute Gasteiger partial charge is 0.508 e. The molecule has 1 aromatic carbocycles. The van der Waals surface area contributed by atoms with Gasteiger partial charge in [0, 0.05) is 37.3 Å². The highest BCUT2D eigenvalue weighted by Crippen LogP contribution is 2.31. The molecule has 142 valence electrons. The second-order valence-corrected chi connectivity index (χ2v) is 6.87. The first-order valence-electron chi connectivity index (χ1n) is 8.91. The fraction of sp³-hybridized carbons (Fsp3) is 0.556. The summed E-state index contributed by atoms with van der Waals surface area (Å²) in [5, 5.41) is 21.1. The molecule has 0 spiro atoms.